The fraction of sp³-hybridized carbons (Fsp3) is 0.500. The molecule has 3 N–H and O–H groups in total. The minimum Gasteiger partial charge on any atom is -0.495 e. The van der Waals surface area contributed by atoms with Crippen LogP contribution in [0.25, 0.3) is 0 Å². The molecular weight excluding hydrogens is 262 g/mol. The lowest BCUT2D eigenvalue weighted by molar-refractivity contribution is 0.408. The van der Waals surface area contributed by atoms with Crippen LogP contribution in [0.3, 0.4) is 0 Å². The van der Waals surface area contributed by atoms with E-state index >= 15 is 0 Å². The van der Waals surface area contributed by atoms with E-state index in [1.54, 1.807) is 19.2 Å². The van der Waals surface area contributed by atoms with Crippen molar-refractivity contribution in [3.8, 4) is 11.8 Å². The van der Waals surface area contributed by atoms with E-state index in [4.69, 9.17) is 27.3 Å². The van der Waals surface area contributed by atoms with Crippen molar-refractivity contribution in [1.82, 2.24) is 0 Å². The first kappa shape index (κ1) is 14.0. The van der Waals surface area contributed by atoms with Gasteiger partial charge in [-0.1, -0.05) is 11.6 Å². The average molecular weight is 280 g/mol. The fourth-order valence-electron chi connectivity index (χ4n) is 2.40. The number of nitrogens with two attached hydrogens (primary N) is 1. The molecular formula is C14H18ClN3O. The first-order valence-electron chi connectivity index (χ1n) is 6.43. The number of nitrogens with zero attached hydrogens (tertiary/aromatic N) is 1. The Morgan fingerprint density at radius 1 is 1.37 bits per heavy atom. The standard InChI is InChI=1S/C14H18ClN3O/c1-19-14-7-13(12(15)6-9(14)8-16)18-11-4-2-10(17)3-5-11/h6-7,10-11,18H,2-5,17H2,1H3. The average Bonchev–Trinajstić information content (AvgIpc) is 2.43. The molecule has 1 aliphatic carbocycles. The molecule has 102 valence electrons. The maximum Gasteiger partial charge on any atom is 0.138 e. The van der Waals surface area contributed by atoms with Gasteiger partial charge in [0, 0.05) is 18.2 Å². The van der Waals surface area contributed by atoms with Crippen LogP contribution in [0.5, 0.6) is 5.75 Å². The molecule has 0 aliphatic heterocycles. The van der Waals surface area contributed by atoms with Crippen LogP contribution in [0.15, 0.2) is 12.1 Å². The first-order valence-corrected chi connectivity index (χ1v) is 6.81. The number of methoxy groups -OCH3 is 1. The number of hydrogen-bond acceptors (Lipinski definition) is 4. The second kappa shape index (κ2) is 6.14. The highest BCUT2D eigenvalue weighted by Gasteiger charge is 2.19. The molecule has 1 aliphatic rings. The zero-order chi connectivity index (χ0) is 13.8. The number of benzene rings is 1. The molecule has 1 saturated carbocycles. The van der Waals surface area contributed by atoms with Gasteiger partial charge in [-0.2, -0.15) is 5.26 Å². The van der Waals surface area contributed by atoms with Gasteiger partial charge in [-0.15, -0.1) is 0 Å². The number of anilines is 1. The van der Waals surface area contributed by atoms with Gasteiger partial charge in [0.25, 0.3) is 0 Å². The predicted molar refractivity (Wildman–Crippen MR) is 76.6 cm³/mol. The Labute approximate surface area is 118 Å². The number of nitriles is 1. The summed E-state index contributed by atoms with van der Waals surface area (Å²) in [6.07, 6.45) is 4.14. The zero-order valence-corrected chi connectivity index (χ0v) is 11.7. The number of ether oxygens (including phenoxy) is 1. The zero-order valence-electron chi connectivity index (χ0n) is 10.9. The summed E-state index contributed by atoms with van der Waals surface area (Å²) in [5.74, 6) is 0.543. The number of nitrogens with one attached hydrogen (secondary N) is 1. The van der Waals surface area contributed by atoms with Crippen molar-refractivity contribution in [2.24, 2.45) is 5.73 Å². The van der Waals surface area contributed by atoms with Crippen molar-refractivity contribution in [2.75, 3.05) is 12.4 Å². The van der Waals surface area contributed by atoms with Gasteiger partial charge in [0.05, 0.1) is 23.4 Å². The topological polar surface area (TPSA) is 71.1 Å². The van der Waals surface area contributed by atoms with Gasteiger partial charge >= 0.3 is 0 Å². The smallest absolute Gasteiger partial charge is 0.138 e. The second-order valence-electron chi connectivity index (χ2n) is 4.90. The molecule has 0 amide bonds. The van der Waals surface area contributed by atoms with Gasteiger partial charge in [-0.25, -0.2) is 0 Å². The maximum absolute atomic E-state index is 8.99. The van der Waals surface area contributed by atoms with Crippen LogP contribution >= 0.6 is 11.6 Å². The van der Waals surface area contributed by atoms with E-state index in [0.717, 1.165) is 31.4 Å². The normalized spacial score (nSPS) is 22.6. The van der Waals surface area contributed by atoms with Crippen molar-refractivity contribution in [3.05, 3.63) is 22.7 Å². The quantitative estimate of drug-likeness (QED) is 0.892. The van der Waals surface area contributed by atoms with Crippen LogP contribution < -0.4 is 15.8 Å². The summed E-state index contributed by atoms with van der Waals surface area (Å²) >= 11 is 6.19. The van der Waals surface area contributed by atoms with Crippen molar-refractivity contribution >= 4 is 17.3 Å². The summed E-state index contributed by atoms with van der Waals surface area (Å²) in [5.41, 5.74) is 7.16. The van der Waals surface area contributed by atoms with Crippen molar-refractivity contribution in [2.45, 2.75) is 37.8 Å². The Balaban J connectivity index is 2.14. The highest BCUT2D eigenvalue weighted by molar-refractivity contribution is 6.33. The molecule has 0 aromatic heterocycles. The van der Waals surface area contributed by atoms with Gasteiger partial charge in [0.15, 0.2) is 0 Å². The van der Waals surface area contributed by atoms with E-state index in [2.05, 4.69) is 11.4 Å². The van der Waals surface area contributed by atoms with E-state index in [1.807, 2.05) is 0 Å². The van der Waals surface area contributed by atoms with Crippen molar-refractivity contribution in [1.29, 1.82) is 5.26 Å². The third-order valence-corrected chi connectivity index (χ3v) is 3.85. The Hall–Kier alpha value is -1.44. The van der Waals surface area contributed by atoms with E-state index in [0.29, 0.717) is 28.4 Å². The monoisotopic (exact) mass is 279 g/mol. The summed E-state index contributed by atoms with van der Waals surface area (Å²) in [6, 6.07) is 6.20. The molecule has 1 aromatic rings. The predicted octanol–water partition coefficient (Wildman–Crippen LogP) is 2.90. The molecule has 0 unspecified atom stereocenters. The molecule has 5 heteroatoms. The third-order valence-electron chi connectivity index (χ3n) is 3.54. The fourth-order valence-corrected chi connectivity index (χ4v) is 2.62. The summed E-state index contributed by atoms with van der Waals surface area (Å²) < 4.78 is 5.20. The maximum atomic E-state index is 8.99. The number of hydrogen-bond donors (Lipinski definition) is 2. The van der Waals surface area contributed by atoms with Crippen LogP contribution in [-0.2, 0) is 0 Å². The molecule has 0 bridgehead atoms. The Kier molecular flexibility index (Phi) is 4.52. The van der Waals surface area contributed by atoms with Crippen LogP contribution in [-0.4, -0.2) is 19.2 Å². The number of rotatable bonds is 3. The lowest BCUT2D eigenvalue weighted by atomic mass is 9.91. The van der Waals surface area contributed by atoms with Gasteiger partial charge < -0.3 is 15.8 Å². The lowest BCUT2D eigenvalue weighted by Crippen LogP contribution is -2.32. The highest BCUT2D eigenvalue weighted by Crippen LogP contribution is 2.32. The summed E-state index contributed by atoms with van der Waals surface area (Å²) in [7, 11) is 1.55. The second-order valence-corrected chi connectivity index (χ2v) is 5.31. The van der Waals surface area contributed by atoms with Gasteiger partial charge in [-0.05, 0) is 31.7 Å². The lowest BCUT2D eigenvalue weighted by Gasteiger charge is -2.28. The van der Waals surface area contributed by atoms with Crippen molar-refractivity contribution < 1.29 is 4.74 Å². The molecule has 1 aromatic carbocycles. The Bertz CT molecular complexity index is 490. The Morgan fingerprint density at radius 2 is 2.05 bits per heavy atom. The summed E-state index contributed by atoms with van der Waals surface area (Å²) in [4.78, 5) is 0. The van der Waals surface area contributed by atoms with Crippen LogP contribution in [0, 0.1) is 11.3 Å². The summed E-state index contributed by atoms with van der Waals surface area (Å²) in [5, 5.41) is 13.0. The minimum atomic E-state index is 0.323. The molecule has 0 radical (unpaired) electrons. The highest BCUT2D eigenvalue weighted by atomic mass is 35.5. The number of halogens is 1. The molecule has 0 heterocycles. The molecule has 19 heavy (non-hydrogen) atoms. The van der Waals surface area contributed by atoms with E-state index < -0.39 is 0 Å². The largest absolute Gasteiger partial charge is 0.495 e. The van der Waals surface area contributed by atoms with Crippen LogP contribution in [0.4, 0.5) is 5.69 Å². The third kappa shape index (κ3) is 3.31. The van der Waals surface area contributed by atoms with E-state index in [9.17, 15) is 0 Å². The molecule has 2 rings (SSSR count). The van der Waals surface area contributed by atoms with E-state index in [1.165, 1.54) is 0 Å². The molecule has 0 atom stereocenters. The minimum absolute atomic E-state index is 0.323. The van der Waals surface area contributed by atoms with E-state index in [-0.39, 0.29) is 0 Å². The van der Waals surface area contributed by atoms with Gasteiger partial charge in [0.2, 0.25) is 0 Å². The SMILES string of the molecule is COc1cc(NC2CCC(N)CC2)c(Cl)cc1C#N. The molecule has 0 spiro atoms. The van der Waals surface area contributed by atoms with Gasteiger partial charge in [0.1, 0.15) is 11.8 Å². The van der Waals surface area contributed by atoms with Crippen LogP contribution in [0.1, 0.15) is 31.2 Å². The van der Waals surface area contributed by atoms with Gasteiger partial charge in [-0.3, -0.25) is 0 Å². The van der Waals surface area contributed by atoms with Crippen LogP contribution in [0.2, 0.25) is 5.02 Å². The molecule has 4 nitrogen and oxygen atoms in total. The molecule has 1 fully saturated rings. The molecule has 0 saturated heterocycles. The van der Waals surface area contributed by atoms with Crippen molar-refractivity contribution in [3.63, 3.8) is 0 Å². The summed E-state index contributed by atoms with van der Waals surface area (Å²) in [6.45, 7) is 0. The first-order chi connectivity index (χ1) is 9.13. The Morgan fingerprint density at radius 3 is 2.63 bits per heavy atom.